The number of benzene rings is 1. The summed E-state index contributed by atoms with van der Waals surface area (Å²) in [4.78, 5) is 16.4. The van der Waals surface area contributed by atoms with Gasteiger partial charge in [0, 0.05) is 36.7 Å². The molecule has 1 aliphatic rings. The Kier molecular flexibility index (Phi) is 4.17. The summed E-state index contributed by atoms with van der Waals surface area (Å²) in [6.45, 7) is 3.62. The van der Waals surface area contributed by atoms with Crippen LogP contribution in [0.1, 0.15) is 16.2 Å². The Morgan fingerprint density at radius 3 is 2.73 bits per heavy atom. The number of hydrogen-bond donors (Lipinski definition) is 4. The van der Waals surface area contributed by atoms with E-state index in [1.807, 2.05) is 19.1 Å². The maximum Gasteiger partial charge on any atom is 0.251 e. The lowest BCUT2D eigenvalue weighted by Gasteiger charge is -2.14. The monoisotopic (exact) mass is 301 g/mol. The topological polar surface area (TPSA) is 103 Å². The molecule has 7 nitrogen and oxygen atoms in total. The summed E-state index contributed by atoms with van der Waals surface area (Å²) in [5.41, 5.74) is 1.44. The number of carbonyl (C=O) groups excluding carboxylic acids is 1. The molecular formula is C15H19N5O2. The highest BCUT2D eigenvalue weighted by Gasteiger charge is 2.25. The normalized spacial score (nSPS) is 21.0. The first-order valence-corrected chi connectivity index (χ1v) is 7.30. The van der Waals surface area contributed by atoms with Crippen molar-refractivity contribution >= 4 is 5.91 Å². The first kappa shape index (κ1) is 14.7. The van der Waals surface area contributed by atoms with Crippen LogP contribution in [0.2, 0.25) is 0 Å². The molecule has 0 spiro atoms. The lowest BCUT2D eigenvalue weighted by atomic mass is 10.1. The maximum absolute atomic E-state index is 12.1. The third-order valence-corrected chi connectivity index (χ3v) is 3.83. The van der Waals surface area contributed by atoms with Crippen LogP contribution in [-0.4, -0.2) is 51.9 Å². The first-order chi connectivity index (χ1) is 10.6. The van der Waals surface area contributed by atoms with Gasteiger partial charge >= 0.3 is 0 Å². The van der Waals surface area contributed by atoms with Gasteiger partial charge in [0.15, 0.2) is 5.82 Å². The zero-order valence-electron chi connectivity index (χ0n) is 12.3. The number of aryl methyl sites for hydroxylation is 1. The zero-order chi connectivity index (χ0) is 15.5. The standard InChI is InChI=1S/C15H19N5O2/c1-9-18-14(20-19-9)10-2-4-11(5-3-10)15(22)17-7-12-6-16-8-13(12)21/h2-5,12-13,16,21H,6-8H2,1H3,(H,17,22)(H,18,19,20). The molecule has 3 rings (SSSR count). The van der Waals surface area contributed by atoms with Crippen molar-refractivity contribution in [3.63, 3.8) is 0 Å². The fourth-order valence-corrected chi connectivity index (χ4v) is 2.50. The first-order valence-electron chi connectivity index (χ1n) is 7.30. The van der Waals surface area contributed by atoms with Gasteiger partial charge in [0.2, 0.25) is 0 Å². The number of amides is 1. The van der Waals surface area contributed by atoms with Gasteiger partial charge in [-0.05, 0) is 19.1 Å². The van der Waals surface area contributed by atoms with E-state index in [1.54, 1.807) is 12.1 Å². The zero-order valence-corrected chi connectivity index (χ0v) is 12.3. The van der Waals surface area contributed by atoms with Gasteiger partial charge in [0.25, 0.3) is 5.91 Å². The van der Waals surface area contributed by atoms with E-state index in [-0.39, 0.29) is 11.8 Å². The highest BCUT2D eigenvalue weighted by Crippen LogP contribution is 2.15. The molecule has 22 heavy (non-hydrogen) atoms. The Labute approximate surface area is 128 Å². The number of rotatable bonds is 4. The lowest BCUT2D eigenvalue weighted by Crippen LogP contribution is -2.34. The van der Waals surface area contributed by atoms with Crippen molar-refractivity contribution in [2.75, 3.05) is 19.6 Å². The Bertz CT molecular complexity index is 652. The van der Waals surface area contributed by atoms with E-state index in [0.717, 1.165) is 17.9 Å². The number of nitrogens with one attached hydrogen (secondary N) is 3. The number of carbonyl (C=O) groups is 1. The quantitative estimate of drug-likeness (QED) is 0.641. The van der Waals surface area contributed by atoms with Crippen LogP contribution in [0.3, 0.4) is 0 Å². The number of aromatic amines is 1. The van der Waals surface area contributed by atoms with E-state index in [4.69, 9.17) is 0 Å². The van der Waals surface area contributed by atoms with Gasteiger partial charge in [-0.2, -0.15) is 5.10 Å². The molecular weight excluding hydrogens is 282 g/mol. The molecule has 2 aromatic rings. The van der Waals surface area contributed by atoms with Crippen molar-refractivity contribution in [1.29, 1.82) is 0 Å². The molecule has 0 aliphatic carbocycles. The summed E-state index contributed by atoms with van der Waals surface area (Å²) in [6, 6.07) is 7.15. The molecule has 116 valence electrons. The molecule has 0 bridgehead atoms. The van der Waals surface area contributed by atoms with Crippen molar-refractivity contribution in [3.8, 4) is 11.4 Å². The van der Waals surface area contributed by atoms with Crippen molar-refractivity contribution in [2.24, 2.45) is 5.92 Å². The van der Waals surface area contributed by atoms with Gasteiger partial charge in [-0.15, -0.1) is 0 Å². The highest BCUT2D eigenvalue weighted by atomic mass is 16.3. The average molecular weight is 301 g/mol. The molecule has 1 aromatic carbocycles. The minimum Gasteiger partial charge on any atom is -0.391 e. The number of nitrogens with zero attached hydrogens (tertiary/aromatic N) is 2. The van der Waals surface area contributed by atoms with Crippen molar-refractivity contribution in [2.45, 2.75) is 13.0 Å². The summed E-state index contributed by atoms with van der Waals surface area (Å²) in [7, 11) is 0. The van der Waals surface area contributed by atoms with Crippen molar-refractivity contribution in [1.82, 2.24) is 25.8 Å². The SMILES string of the molecule is Cc1nc(-c2ccc(C(=O)NCC3CNCC3O)cc2)n[nH]1. The second-order valence-electron chi connectivity index (χ2n) is 5.52. The molecule has 1 aliphatic heterocycles. The Balaban J connectivity index is 1.61. The molecule has 2 heterocycles. The van der Waals surface area contributed by atoms with E-state index in [1.165, 1.54) is 0 Å². The second kappa shape index (κ2) is 6.25. The van der Waals surface area contributed by atoms with Crippen LogP contribution in [0.4, 0.5) is 0 Å². The number of aliphatic hydroxyl groups is 1. The van der Waals surface area contributed by atoms with Crippen molar-refractivity contribution in [3.05, 3.63) is 35.7 Å². The van der Waals surface area contributed by atoms with Crippen LogP contribution < -0.4 is 10.6 Å². The number of aromatic nitrogens is 3. The third-order valence-electron chi connectivity index (χ3n) is 3.83. The molecule has 1 aromatic heterocycles. The smallest absolute Gasteiger partial charge is 0.251 e. The summed E-state index contributed by atoms with van der Waals surface area (Å²) < 4.78 is 0. The van der Waals surface area contributed by atoms with Gasteiger partial charge in [0.1, 0.15) is 5.82 Å². The third kappa shape index (κ3) is 3.15. The Morgan fingerprint density at radius 2 is 2.14 bits per heavy atom. The minimum atomic E-state index is -0.392. The van der Waals surface area contributed by atoms with Crippen LogP contribution in [0.15, 0.2) is 24.3 Å². The molecule has 1 fully saturated rings. The van der Waals surface area contributed by atoms with Gasteiger partial charge in [-0.1, -0.05) is 12.1 Å². The van der Waals surface area contributed by atoms with E-state index in [9.17, 15) is 9.90 Å². The van der Waals surface area contributed by atoms with Crippen molar-refractivity contribution < 1.29 is 9.90 Å². The van der Waals surface area contributed by atoms with Crippen LogP contribution in [0.5, 0.6) is 0 Å². The Morgan fingerprint density at radius 1 is 1.36 bits per heavy atom. The second-order valence-corrected chi connectivity index (χ2v) is 5.52. The molecule has 2 unspecified atom stereocenters. The van der Waals surface area contributed by atoms with Crippen LogP contribution in [-0.2, 0) is 0 Å². The molecule has 7 heteroatoms. The fourth-order valence-electron chi connectivity index (χ4n) is 2.50. The maximum atomic E-state index is 12.1. The lowest BCUT2D eigenvalue weighted by molar-refractivity contribution is 0.0927. The average Bonchev–Trinajstić information content (AvgIpc) is 3.13. The number of β-amino-alcohol motifs (C(OH)–C–C–N with tert-alkyl or cyclic N) is 1. The van der Waals surface area contributed by atoms with Gasteiger partial charge in [-0.3, -0.25) is 9.89 Å². The number of H-pyrrole nitrogens is 1. The summed E-state index contributed by atoms with van der Waals surface area (Å²) in [6.07, 6.45) is -0.392. The van der Waals surface area contributed by atoms with Crippen LogP contribution in [0.25, 0.3) is 11.4 Å². The molecule has 1 amide bonds. The summed E-state index contributed by atoms with van der Waals surface area (Å²) >= 11 is 0. The van der Waals surface area contributed by atoms with E-state index in [2.05, 4.69) is 25.8 Å². The molecule has 1 saturated heterocycles. The van der Waals surface area contributed by atoms with Crippen LogP contribution >= 0.6 is 0 Å². The molecule has 4 N–H and O–H groups in total. The minimum absolute atomic E-state index is 0.0689. The highest BCUT2D eigenvalue weighted by molar-refractivity contribution is 5.94. The Hall–Kier alpha value is -2.25. The predicted molar refractivity (Wildman–Crippen MR) is 81.3 cm³/mol. The number of aliphatic hydroxyl groups excluding tert-OH is 1. The van der Waals surface area contributed by atoms with Gasteiger partial charge in [0.05, 0.1) is 6.10 Å². The number of hydrogen-bond acceptors (Lipinski definition) is 5. The van der Waals surface area contributed by atoms with E-state index >= 15 is 0 Å². The molecule has 2 atom stereocenters. The fraction of sp³-hybridized carbons (Fsp3) is 0.400. The largest absolute Gasteiger partial charge is 0.391 e. The predicted octanol–water partition coefficient (Wildman–Crippen LogP) is 0.0902. The van der Waals surface area contributed by atoms with E-state index in [0.29, 0.717) is 24.5 Å². The van der Waals surface area contributed by atoms with E-state index < -0.39 is 6.10 Å². The summed E-state index contributed by atoms with van der Waals surface area (Å²) in [5.74, 6) is 1.29. The van der Waals surface area contributed by atoms with Crippen LogP contribution in [0, 0.1) is 12.8 Å². The van der Waals surface area contributed by atoms with Gasteiger partial charge < -0.3 is 15.7 Å². The van der Waals surface area contributed by atoms with Gasteiger partial charge in [-0.25, -0.2) is 4.98 Å². The summed E-state index contributed by atoms with van der Waals surface area (Å²) in [5, 5.41) is 22.5. The molecule has 0 saturated carbocycles. The molecule has 0 radical (unpaired) electrons.